The van der Waals surface area contributed by atoms with E-state index in [1.807, 2.05) is 0 Å². The van der Waals surface area contributed by atoms with E-state index in [9.17, 15) is 0 Å². The fourth-order valence-electron chi connectivity index (χ4n) is 3.57. The summed E-state index contributed by atoms with van der Waals surface area (Å²) >= 11 is 0. The minimum absolute atomic E-state index is 0.448. The average molecular weight is 264 g/mol. The Morgan fingerprint density at radius 1 is 1.21 bits per heavy atom. The van der Waals surface area contributed by atoms with Crippen LogP contribution >= 0.6 is 0 Å². The molecule has 1 heterocycles. The molecule has 1 aliphatic carbocycles. The average Bonchev–Trinajstić information content (AvgIpc) is 2.80. The summed E-state index contributed by atoms with van der Waals surface area (Å²) in [6, 6.07) is 0.958. The van der Waals surface area contributed by atoms with Crippen molar-refractivity contribution in [1.82, 2.24) is 20.1 Å². The standard InChI is InChI=1S/C15H28N4/c1-6-13-17-14(7-2)19(18-13)15-11(4)8-10(3)9-12(15)16-5/h10-12,15-16H,6-9H2,1-5H3. The van der Waals surface area contributed by atoms with E-state index < -0.39 is 0 Å². The van der Waals surface area contributed by atoms with Crippen LogP contribution in [0.3, 0.4) is 0 Å². The molecule has 4 atom stereocenters. The molecule has 0 saturated heterocycles. The molecule has 0 spiro atoms. The molecule has 4 nitrogen and oxygen atoms in total. The van der Waals surface area contributed by atoms with Crippen LogP contribution in [0, 0.1) is 11.8 Å². The maximum Gasteiger partial charge on any atom is 0.150 e. The second-order valence-corrected chi connectivity index (χ2v) is 6.04. The molecule has 0 radical (unpaired) electrons. The quantitative estimate of drug-likeness (QED) is 0.909. The number of nitrogens with zero attached hydrogens (tertiary/aromatic N) is 3. The van der Waals surface area contributed by atoms with Gasteiger partial charge in [-0.1, -0.05) is 27.7 Å². The van der Waals surface area contributed by atoms with Gasteiger partial charge in [-0.25, -0.2) is 9.67 Å². The van der Waals surface area contributed by atoms with Crippen molar-refractivity contribution < 1.29 is 0 Å². The summed E-state index contributed by atoms with van der Waals surface area (Å²) in [7, 11) is 2.08. The smallest absolute Gasteiger partial charge is 0.150 e. The number of rotatable bonds is 4. The van der Waals surface area contributed by atoms with E-state index in [0.717, 1.165) is 30.4 Å². The number of nitrogens with one attached hydrogen (secondary N) is 1. The van der Waals surface area contributed by atoms with E-state index in [1.165, 1.54) is 12.8 Å². The van der Waals surface area contributed by atoms with Gasteiger partial charge in [0, 0.05) is 18.9 Å². The number of aromatic nitrogens is 3. The summed E-state index contributed by atoms with van der Waals surface area (Å²) in [4.78, 5) is 4.67. The van der Waals surface area contributed by atoms with E-state index in [4.69, 9.17) is 5.10 Å². The van der Waals surface area contributed by atoms with Gasteiger partial charge in [-0.15, -0.1) is 0 Å². The molecule has 0 aliphatic heterocycles. The molecule has 2 rings (SSSR count). The van der Waals surface area contributed by atoms with Gasteiger partial charge >= 0.3 is 0 Å². The van der Waals surface area contributed by atoms with E-state index in [2.05, 4.69) is 49.7 Å². The van der Waals surface area contributed by atoms with Gasteiger partial charge in [0.25, 0.3) is 0 Å². The summed E-state index contributed by atoms with van der Waals surface area (Å²) in [6.45, 7) is 9.01. The first-order chi connectivity index (χ1) is 9.10. The van der Waals surface area contributed by atoms with Gasteiger partial charge in [0.2, 0.25) is 0 Å². The fraction of sp³-hybridized carbons (Fsp3) is 0.867. The summed E-state index contributed by atoms with van der Waals surface area (Å²) in [5, 5.41) is 8.27. The molecule has 19 heavy (non-hydrogen) atoms. The van der Waals surface area contributed by atoms with E-state index in [0.29, 0.717) is 18.0 Å². The zero-order valence-electron chi connectivity index (χ0n) is 13.0. The van der Waals surface area contributed by atoms with Crippen LogP contribution in [0.1, 0.15) is 58.2 Å². The lowest BCUT2D eigenvalue weighted by Gasteiger charge is -2.39. The molecule has 1 aliphatic rings. The van der Waals surface area contributed by atoms with E-state index in [-0.39, 0.29) is 0 Å². The van der Waals surface area contributed by atoms with Crippen LogP contribution < -0.4 is 5.32 Å². The summed E-state index contributed by atoms with van der Waals surface area (Å²) in [5.74, 6) is 3.57. The molecular formula is C15H28N4. The molecule has 4 heteroatoms. The summed E-state index contributed by atoms with van der Waals surface area (Å²) in [5.41, 5.74) is 0. The summed E-state index contributed by atoms with van der Waals surface area (Å²) < 4.78 is 2.22. The highest BCUT2D eigenvalue weighted by Gasteiger charge is 2.36. The minimum Gasteiger partial charge on any atom is -0.315 e. The van der Waals surface area contributed by atoms with Crippen LogP contribution in [0.5, 0.6) is 0 Å². The highest BCUT2D eigenvalue weighted by molar-refractivity contribution is 5.00. The van der Waals surface area contributed by atoms with Crippen molar-refractivity contribution in [3.63, 3.8) is 0 Å². The van der Waals surface area contributed by atoms with Gasteiger partial charge in [-0.05, 0) is 31.7 Å². The topological polar surface area (TPSA) is 42.7 Å². The van der Waals surface area contributed by atoms with Crippen molar-refractivity contribution in [3.8, 4) is 0 Å². The molecule has 108 valence electrons. The van der Waals surface area contributed by atoms with Gasteiger partial charge in [0.1, 0.15) is 5.82 Å². The lowest BCUT2D eigenvalue weighted by Crippen LogP contribution is -2.44. The van der Waals surface area contributed by atoms with Crippen molar-refractivity contribution in [2.75, 3.05) is 7.05 Å². The minimum atomic E-state index is 0.448. The highest BCUT2D eigenvalue weighted by Crippen LogP contribution is 2.37. The van der Waals surface area contributed by atoms with Gasteiger partial charge < -0.3 is 5.32 Å². The Morgan fingerprint density at radius 3 is 2.53 bits per heavy atom. The van der Waals surface area contributed by atoms with Crippen LogP contribution in [0.25, 0.3) is 0 Å². The van der Waals surface area contributed by atoms with Crippen LogP contribution in [-0.2, 0) is 12.8 Å². The molecule has 0 aromatic carbocycles. The molecular weight excluding hydrogens is 236 g/mol. The van der Waals surface area contributed by atoms with Gasteiger partial charge in [0.05, 0.1) is 6.04 Å². The SMILES string of the molecule is CCc1nc(CC)n(C2C(C)CC(C)CC2NC)n1. The molecule has 0 bridgehead atoms. The molecule has 1 N–H and O–H groups in total. The van der Waals surface area contributed by atoms with Crippen molar-refractivity contribution in [2.45, 2.75) is 65.5 Å². The van der Waals surface area contributed by atoms with Crippen LogP contribution in [-0.4, -0.2) is 27.9 Å². The molecule has 0 amide bonds. The Hall–Kier alpha value is -0.900. The lowest BCUT2D eigenvalue weighted by molar-refractivity contribution is 0.145. The third kappa shape index (κ3) is 2.83. The second-order valence-electron chi connectivity index (χ2n) is 6.04. The van der Waals surface area contributed by atoms with E-state index in [1.54, 1.807) is 0 Å². The number of hydrogen-bond acceptors (Lipinski definition) is 3. The molecule has 1 aromatic heterocycles. The summed E-state index contributed by atoms with van der Waals surface area (Å²) in [6.07, 6.45) is 4.40. The first-order valence-electron chi connectivity index (χ1n) is 7.72. The van der Waals surface area contributed by atoms with E-state index >= 15 is 0 Å². The fourth-order valence-corrected chi connectivity index (χ4v) is 3.57. The monoisotopic (exact) mass is 264 g/mol. The van der Waals surface area contributed by atoms with Crippen molar-refractivity contribution in [2.24, 2.45) is 11.8 Å². The first kappa shape index (κ1) is 14.5. The van der Waals surface area contributed by atoms with Gasteiger partial charge in [-0.2, -0.15) is 5.10 Å². The predicted octanol–water partition coefficient (Wildman–Crippen LogP) is 2.60. The van der Waals surface area contributed by atoms with Crippen molar-refractivity contribution in [1.29, 1.82) is 0 Å². The Balaban J connectivity index is 2.34. The Bertz CT molecular complexity index is 412. The number of hydrogen-bond donors (Lipinski definition) is 1. The van der Waals surface area contributed by atoms with Crippen molar-refractivity contribution in [3.05, 3.63) is 11.6 Å². The maximum atomic E-state index is 4.76. The van der Waals surface area contributed by atoms with Crippen LogP contribution in [0.15, 0.2) is 0 Å². The van der Waals surface area contributed by atoms with Crippen molar-refractivity contribution >= 4 is 0 Å². The highest BCUT2D eigenvalue weighted by atomic mass is 15.4. The molecule has 1 saturated carbocycles. The number of likely N-dealkylation sites (N-methyl/N-ethyl adjacent to an activating group) is 1. The predicted molar refractivity (Wildman–Crippen MR) is 78.2 cm³/mol. The molecule has 1 fully saturated rings. The maximum absolute atomic E-state index is 4.76. The van der Waals surface area contributed by atoms with Gasteiger partial charge in [0.15, 0.2) is 5.82 Å². The third-order valence-electron chi connectivity index (χ3n) is 4.46. The first-order valence-corrected chi connectivity index (χ1v) is 7.72. The molecule has 4 unspecified atom stereocenters. The molecule has 1 aromatic rings. The number of aryl methyl sites for hydroxylation is 2. The zero-order valence-corrected chi connectivity index (χ0v) is 13.0. The van der Waals surface area contributed by atoms with Crippen LogP contribution in [0.2, 0.25) is 0 Å². The normalized spacial score (nSPS) is 31.6. The Kier molecular flexibility index (Phi) is 4.61. The second kappa shape index (κ2) is 6.04. The van der Waals surface area contributed by atoms with Gasteiger partial charge in [-0.3, -0.25) is 0 Å². The third-order valence-corrected chi connectivity index (χ3v) is 4.46. The van der Waals surface area contributed by atoms with Crippen LogP contribution in [0.4, 0.5) is 0 Å². The Labute approximate surface area is 117 Å². The zero-order chi connectivity index (χ0) is 14.0. The Morgan fingerprint density at radius 2 is 1.95 bits per heavy atom. The lowest BCUT2D eigenvalue weighted by atomic mass is 9.76. The largest absolute Gasteiger partial charge is 0.315 e.